The highest BCUT2D eigenvalue weighted by Gasteiger charge is 2.33. The predicted octanol–water partition coefficient (Wildman–Crippen LogP) is 8.87. The van der Waals surface area contributed by atoms with Gasteiger partial charge in [-0.05, 0) is 74.8 Å². The smallest absolute Gasteiger partial charge is 0.418 e. The van der Waals surface area contributed by atoms with E-state index in [4.69, 9.17) is 4.74 Å². The molecule has 0 fully saturated rings. The summed E-state index contributed by atoms with van der Waals surface area (Å²) in [7, 11) is 0. The molecule has 0 saturated heterocycles. The highest BCUT2D eigenvalue weighted by molar-refractivity contribution is 5.98. The number of nitrogens with zero attached hydrogens (tertiary/aromatic N) is 1. The fraction of sp³-hybridized carbons (Fsp3) is 0.111. The Balaban J connectivity index is 1.37. The van der Waals surface area contributed by atoms with Gasteiger partial charge >= 0.3 is 12.1 Å². The number of benzene rings is 5. The quantitative estimate of drug-likeness (QED) is 0.196. The number of halogens is 3. The lowest BCUT2D eigenvalue weighted by Crippen LogP contribution is -2.07. The lowest BCUT2D eigenvalue weighted by molar-refractivity contribution is -0.137. The Labute approximate surface area is 246 Å². The van der Waals surface area contributed by atoms with E-state index < -0.39 is 17.7 Å². The number of rotatable bonds is 8. The van der Waals surface area contributed by atoms with E-state index in [2.05, 4.69) is 4.98 Å². The van der Waals surface area contributed by atoms with Crippen molar-refractivity contribution < 1.29 is 27.8 Å². The van der Waals surface area contributed by atoms with Crippen molar-refractivity contribution in [3.05, 3.63) is 143 Å². The van der Waals surface area contributed by atoms with Crippen molar-refractivity contribution >= 4 is 27.6 Å². The van der Waals surface area contributed by atoms with Crippen LogP contribution in [0.3, 0.4) is 0 Å². The van der Waals surface area contributed by atoms with E-state index in [1.54, 1.807) is 18.3 Å². The van der Waals surface area contributed by atoms with Crippen LogP contribution in [-0.4, -0.2) is 16.1 Å². The second kappa shape index (κ2) is 11.6. The molecule has 4 nitrogen and oxygen atoms in total. The number of carboxylic acids is 1. The van der Waals surface area contributed by atoms with Crippen molar-refractivity contribution in [1.82, 2.24) is 4.98 Å². The molecule has 0 radical (unpaired) electrons. The Morgan fingerprint density at radius 1 is 0.767 bits per heavy atom. The van der Waals surface area contributed by atoms with Gasteiger partial charge in [-0.15, -0.1) is 0 Å². The summed E-state index contributed by atoms with van der Waals surface area (Å²) in [4.78, 5) is 15.6. The minimum Gasteiger partial charge on any atom is -0.489 e. The van der Waals surface area contributed by atoms with E-state index in [9.17, 15) is 23.1 Å². The van der Waals surface area contributed by atoms with Crippen LogP contribution < -0.4 is 4.74 Å². The van der Waals surface area contributed by atoms with Crippen molar-refractivity contribution in [1.29, 1.82) is 0 Å². The molecule has 1 aromatic heterocycles. The Hall–Kier alpha value is -5.17. The summed E-state index contributed by atoms with van der Waals surface area (Å²) in [5.41, 5.74) is 3.98. The number of hydrogen-bond acceptors (Lipinski definition) is 3. The van der Waals surface area contributed by atoms with E-state index in [-0.39, 0.29) is 18.5 Å². The molecule has 1 heterocycles. The molecule has 0 bridgehead atoms. The molecule has 0 spiro atoms. The normalized spacial score (nSPS) is 11.6. The lowest BCUT2D eigenvalue weighted by Gasteiger charge is -2.17. The third kappa shape index (κ3) is 6.06. The van der Waals surface area contributed by atoms with Gasteiger partial charge in [0.25, 0.3) is 0 Å². The molecule has 0 atom stereocenters. The number of para-hydroxylation sites is 1. The summed E-state index contributed by atoms with van der Waals surface area (Å²) in [6, 6.07) is 32.6. The molecule has 43 heavy (non-hydrogen) atoms. The van der Waals surface area contributed by atoms with Crippen LogP contribution in [0.2, 0.25) is 0 Å². The number of carbonyl (C=O) groups is 1. The van der Waals surface area contributed by atoms with Gasteiger partial charge in [-0.3, -0.25) is 9.78 Å². The fourth-order valence-electron chi connectivity index (χ4n) is 5.49. The van der Waals surface area contributed by atoms with Crippen LogP contribution in [0.5, 0.6) is 5.75 Å². The zero-order chi connectivity index (χ0) is 30.0. The molecular formula is C36H26F3NO3. The first-order valence-electron chi connectivity index (χ1n) is 13.7. The molecule has 0 saturated carbocycles. The SMILES string of the molecule is O=C(O)Cc1cccc2ccc(OCc3cccc(-c4c(Cc5ccccc5)cnc5c(C(F)(F)F)cccc45)c3)cc12. The van der Waals surface area contributed by atoms with E-state index in [0.29, 0.717) is 28.7 Å². The van der Waals surface area contributed by atoms with Crippen LogP contribution in [0, 0.1) is 0 Å². The van der Waals surface area contributed by atoms with Crippen LogP contribution >= 0.6 is 0 Å². The van der Waals surface area contributed by atoms with Gasteiger partial charge < -0.3 is 9.84 Å². The van der Waals surface area contributed by atoms with Gasteiger partial charge in [0.1, 0.15) is 12.4 Å². The van der Waals surface area contributed by atoms with Crippen molar-refractivity contribution in [2.45, 2.75) is 25.6 Å². The van der Waals surface area contributed by atoms with Gasteiger partial charge in [-0.25, -0.2) is 0 Å². The maximum absolute atomic E-state index is 13.9. The van der Waals surface area contributed by atoms with E-state index in [1.807, 2.05) is 84.9 Å². The standard InChI is InChI=1S/C36H26F3NO3/c37-36(38,39)32-14-6-13-30-34(28(21-40-35(30)32)17-23-7-2-1-3-8-23)27-12-4-9-24(18-27)22-43-29-16-15-25-10-5-11-26(19-33(41)42)31(25)20-29/h1-16,18,20-21H,17,19,22H2,(H,41,42). The van der Waals surface area contributed by atoms with Crippen LogP contribution in [0.1, 0.15) is 27.8 Å². The zero-order valence-electron chi connectivity index (χ0n) is 22.9. The van der Waals surface area contributed by atoms with Crippen molar-refractivity contribution in [2.75, 3.05) is 0 Å². The number of aliphatic carboxylic acids is 1. The van der Waals surface area contributed by atoms with Crippen LogP contribution in [-0.2, 0) is 30.4 Å². The average Bonchev–Trinajstić information content (AvgIpc) is 3.00. The lowest BCUT2D eigenvalue weighted by atomic mass is 9.91. The van der Waals surface area contributed by atoms with Gasteiger partial charge in [0.05, 0.1) is 17.5 Å². The summed E-state index contributed by atoms with van der Waals surface area (Å²) in [5.74, 6) is -0.321. The van der Waals surface area contributed by atoms with Crippen molar-refractivity contribution in [2.24, 2.45) is 0 Å². The average molecular weight is 578 g/mol. The van der Waals surface area contributed by atoms with E-state index >= 15 is 0 Å². The molecule has 0 aliphatic rings. The van der Waals surface area contributed by atoms with Crippen LogP contribution in [0.4, 0.5) is 13.2 Å². The van der Waals surface area contributed by atoms with Gasteiger partial charge in [0.15, 0.2) is 0 Å². The molecular weight excluding hydrogens is 551 g/mol. The summed E-state index contributed by atoms with van der Waals surface area (Å²) in [5, 5.41) is 11.5. The summed E-state index contributed by atoms with van der Waals surface area (Å²) in [6.07, 6.45) is -2.58. The Kier molecular flexibility index (Phi) is 7.55. The number of aromatic nitrogens is 1. The monoisotopic (exact) mass is 577 g/mol. The number of hydrogen-bond donors (Lipinski definition) is 1. The maximum atomic E-state index is 13.9. The topological polar surface area (TPSA) is 59.4 Å². The minimum atomic E-state index is -4.54. The first-order chi connectivity index (χ1) is 20.8. The first-order valence-corrected chi connectivity index (χ1v) is 13.7. The van der Waals surface area contributed by atoms with Gasteiger partial charge in [0.2, 0.25) is 0 Å². The molecule has 6 rings (SSSR count). The number of carboxylic acid groups (broad SMARTS) is 1. The molecule has 0 aliphatic heterocycles. The fourth-order valence-corrected chi connectivity index (χ4v) is 5.49. The van der Waals surface area contributed by atoms with Crippen LogP contribution in [0.15, 0.2) is 115 Å². The zero-order valence-corrected chi connectivity index (χ0v) is 22.9. The predicted molar refractivity (Wildman–Crippen MR) is 161 cm³/mol. The highest BCUT2D eigenvalue weighted by atomic mass is 19.4. The third-order valence-corrected chi connectivity index (χ3v) is 7.43. The molecule has 0 unspecified atom stereocenters. The second-order valence-corrected chi connectivity index (χ2v) is 10.4. The Morgan fingerprint density at radius 2 is 1.53 bits per heavy atom. The molecule has 6 aromatic rings. The van der Waals surface area contributed by atoms with Gasteiger partial charge in [-0.2, -0.15) is 13.2 Å². The maximum Gasteiger partial charge on any atom is 0.418 e. The molecule has 5 aromatic carbocycles. The summed E-state index contributed by atoms with van der Waals surface area (Å²) < 4.78 is 47.9. The highest BCUT2D eigenvalue weighted by Crippen LogP contribution is 2.39. The Bertz CT molecular complexity index is 1950. The minimum absolute atomic E-state index is 0.0863. The van der Waals surface area contributed by atoms with Gasteiger partial charge in [0, 0.05) is 11.6 Å². The summed E-state index contributed by atoms with van der Waals surface area (Å²) in [6.45, 7) is 0.214. The molecule has 0 aliphatic carbocycles. The van der Waals surface area contributed by atoms with Crippen molar-refractivity contribution in [3.63, 3.8) is 0 Å². The number of pyridine rings is 1. The first kappa shape index (κ1) is 28.0. The third-order valence-electron chi connectivity index (χ3n) is 7.43. The molecule has 0 amide bonds. The molecule has 214 valence electrons. The van der Waals surface area contributed by atoms with E-state index in [0.717, 1.165) is 39.1 Å². The second-order valence-electron chi connectivity index (χ2n) is 10.4. The number of ether oxygens (including phenoxy) is 1. The molecule has 1 N–H and O–H groups in total. The van der Waals surface area contributed by atoms with Crippen LogP contribution in [0.25, 0.3) is 32.8 Å². The van der Waals surface area contributed by atoms with E-state index in [1.165, 1.54) is 6.07 Å². The van der Waals surface area contributed by atoms with Gasteiger partial charge in [-0.1, -0.05) is 84.9 Å². The largest absolute Gasteiger partial charge is 0.489 e. The number of alkyl halides is 3. The summed E-state index contributed by atoms with van der Waals surface area (Å²) >= 11 is 0. The number of fused-ring (bicyclic) bond motifs is 2. The van der Waals surface area contributed by atoms with Crippen molar-refractivity contribution in [3.8, 4) is 16.9 Å². The Morgan fingerprint density at radius 3 is 2.33 bits per heavy atom. The molecule has 7 heteroatoms.